The summed E-state index contributed by atoms with van der Waals surface area (Å²) < 4.78 is 7.33. The molecule has 2 aromatic rings. The van der Waals surface area contributed by atoms with Crippen molar-refractivity contribution in [3.8, 4) is 0 Å². The molecule has 2 rings (SSSR count). The summed E-state index contributed by atoms with van der Waals surface area (Å²) in [7, 11) is 1.91. The smallest absolute Gasteiger partial charge is 0.193 e. The Morgan fingerprint density at radius 3 is 2.88 bits per heavy atom. The molecule has 5 heteroatoms. The van der Waals surface area contributed by atoms with Crippen LogP contribution in [0.1, 0.15) is 24.3 Å². The molecule has 0 aliphatic rings. The predicted molar refractivity (Wildman–Crippen MR) is 67.1 cm³/mol. The SMILES string of the molecule is CCn1cc(CC(NC)c2ccc(Cl)o2)cn1. The average molecular weight is 254 g/mol. The molecule has 2 heterocycles. The van der Waals surface area contributed by atoms with Gasteiger partial charge in [-0.15, -0.1) is 0 Å². The largest absolute Gasteiger partial charge is 0.448 e. The van der Waals surface area contributed by atoms with Crippen molar-refractivity contribution in [2.45, 2.75) is 25.9 Å². The molecule has 1 unspecified atom stereocenters. The van der Waals surface area contributed by atoms with E-state index in [1.54, 1.807) is 6.07 Å². The molecule has 0 amide bonds. The van der Waals surface area contributed by atoms with E-state index in [4.69, 9.17) is 16.0 Å². The first-order valence-corrected chi connectivity index (χ1v) is 6.04. The molecule has 1 N–H and O–H groups in total. The molecule has 0 saturated heterocycles. The van der Waals surface area contributed by atoms with Crippen LogP contribution in [0, 0.1) is 0 Å². The highest BCUT2D eigenvalue weighted by Crippen LogP contribution is 2.22. The molecule has 0 aliphatic heterocycles. The Morgan fingerprint density at radius 1 is 1.53 bits per heavy atom. The van der Waals surface area contributed by atoms with Crippen LogP contribution in [0.4, 0.5) is 0 Å². The zero-order chi connectivity index (χ0) is 12.3. The number of hydrogen-bond acceptors (Lipinski definition) is 3. The van der Waals surface area contributed by atoms with E-state index < -0.39 is 0 Å². The molecule has 0 bridgehead atoms. The second-order valence-corrected chi connectivity index (χ2v) is 4.26. The van der Waals surface area contributed by atoms with Crippen LogP contribution in [0.25, 0.3) is 0 Å². The van der Waals surface area contributed by atoms with Gasteiger partial charge in [0, 0.05) is 12.7 Å². The molecule has 0 radical (unpaired) electrons. The van der Waals surface area contributed by atoms with Gasteiger partial charge in [0.1, 0.15) is 5.76 Å². The highest BCUT2D eigenvalue weighted by Gasteiger charge is 2.15. The third-order valence-electron chi connectivity index (χ3n) is 2.74. The van der Waals surface area contributed by atoms with Gasteiger partial charge in [0.25, 0.3) is 0 Å². The minimum absolute atomic E-state index is 0.122. The highest BCUT2D eigenvalue weighted by atomic mass is 35.5. The summed E-state index contributed by atoms with van der Waals surface area (Å²) in [6.07, 6.45) is 4.77. The number of furan rings is 1. The quantitative estimate of drug-likeness (QED) is 0.891. The van der Waals surface area contributed by atoms with Crippen molar-refractivity contribution in [1.29, 1.82) is 0 Å². The first-order valence-electron chi connectivity index (χ1n) is 5.66. The van der Waals surface area contributed by atoms with Gasteiger partial charge in [0.15, 0.2) is 5.22 Å². The predicted octanol–water partition coefficient (Wildman–Crippen LogP) is 2.65. The van der Waals surface area contributed by atoms with E-state index in [2.05, 4.69) is 23.5 Å². The number of rotatable bonds is 5. The summed E-state index contributed by atoms with van der Waals surface area (Å²) in [4.78, 5) is 0. The van der Waals surface area contributed by atoms with Crippen molar-refractivity contribution in [3.63, 3.8) is 0 Å². The third-order valence-corrected chi connectivity index (χ3v) is 2.94. The fourth-order valence-corrected chi connectivity index (χ4v) is 1.93. The Kier molecular flexibility index (Phi) is 3.86. The Balaban J connectivity index is 2.09. The maximum atomic E-state index is 5.78. The lowest BCUT2D eigenvalue weighted by molar-refractivity contribution is 0.430. The van der Waals surface area contributed by atoms with Crippen molar-refractivity contribution >= 4 is 11.6 Å². The maximum absolute atomic E-state index is 5.78. The van der Waals surface area contributed by atoms with Crippen LogP contribution in [0.2, 0.25) is 5.22 Å². The average Bonchev–Trinajstić information content (AvgIpc) is 2.94. The number of hydrogen-bond donors (Lipinski definition) is 1. The maximum Gasteiger partial charge on any atom is 0.193 e. The molecule has 0 fully saturated rings. The summed E-state index contributed by atoms with van der Waals surface area (Å²) in [5.41, 5.74) is 1.18. The van der Waals surface area contributed by atoms with Crippen LogP contribution in [-0.2, 0) is 13.0 Å². The van der Waals surface area contributed by atoms with Crippen LogP contribution in [0.15, 0.2) is 28.9 Å². The van der Waals surface area contributed by atoms with Gasteiger partial charge in [-0.2, -0.15) is 5.10 Å². The molecule has 1 atom stereocenters. The number of likely N-dealkylation sites (N-methyl/N-ethyl adjacent to an activating group) is 1. The van der Waals surface area contributed by atoms with Gasteiger partial charge >= 0.3 is 0 Å². The fourth-order valence-electron chi connectivity index (χ4n) is 1.78. The fraction of sp³-hybridized carbons (Fsp3) is 0.417. The molecule has 0 spiro atoms. The molecular weight excluding hydrogens is 238 g/mol. The van der Waals surface area contributed by atoms with Crippen molar-refractivity contribution in [3.05, 3.63) is 41.1 Å². The normalized spacial score (nSPS) is 12.9. The molecule has 92 valence electrons. The van der Waals surface area contributed by atoms with E-state index in [1.165, 1.54) is 5.56 Å². The summed E-state index contributed by atoms with van der Waals surface area (Å²) in [6, 6.07) is 3.78. The molecule has 0 aromatic carbocycles. The van der Waals surface area contributed by atoms with Crippen LogP contribution >= 0.6 is 11.6 Å². The number of halogens is 1. The van der Waals surface area contributed by atoms with E-state index in [-0.39, 0.29) is 6.04 Å². The number of nitrogens with one attached hydrogen (secondary N) is 1. The summed E-state index contributed by atoms with van der Waals surface area (Å²) >= 11 is 5.78. The Morgan fingerprint density at radius 2 is 2.35 bits per heavy atom. The molecule has 0 saturated carbocycles. The molecule has 0 aliphatic carbocycles. The highest BCUT2D eigenvalue weighted by molar-refractivity contribution is 6.28. The minimum atomic E-state index is 0.122. The monoisotopic (exact) mass is 253 g/mol. The van der Waals surface area contributed by atoms with Gasteiger partial charge in [-0.25, -0.2) is 0 Å². The standard InChI is InChI=1S/C12H16ClN3O/c1-3-16-8-9(7-15-16)6-10(14-2)11-4-5-12(13)17-11/h4-5,7-8,10,14H,3,6H2,1-2H3. The van der Waals surface area contributed by atoms with E-state index >= 15 is 0 Å². The van der Waals surface area contributed by atoms with Gasteiger partial charge in [-0.3, -0.25) is 4.68 Å². The summed E-state index contributed by atoms with van der Waals surface area (Å²) in [6.45, 7) is 2.95. The Bertz CT molecular complexity index is 478. The second kappa shape index (κ2) is 5.38. The molecule has 17 heavy (non-hydrogen) atoms. The Hall–Kier alpha value is -1.26. The molecule has 4 nitrogen and oxygen atoms in total. The van der Waals surface area contributed by atoms with E-state index in [0.717, 1.165) is 18.7 Å². The van der Waals surface area contributed by atoms with Crippen LogP contribution in [-0.4, -0.2) is 16.8 Å². The molecule has 2 aromatic heterocycles. The lowest BCUT2D eigenvalue weighted by atomic mass is 10.1. The number of aryl methyl sites for hydroxylation is 1. The van der Waals surface area contributed by atoms with Gasteiger partial charge in [-0.05, 0) is 49.7 Å². The summed E-state index contributed by atoms with van der Waals surface area (Å²) in [5.74, 6) is 0.849. The van der Waals surface area contributed by atoms with E-state index in [1.807, 2.05) is 24.0 Å². The lowest BCUT2D eigenvalue weighted by Crippen LogP contribution is -2.17. The topological polar surface area (TPSA) is 43.0 Å². The number of nitrogens with zero attached hydrogens (tertiary/aromatic N) is 2. The number of aromatic nitrogens is 2. The molecular formula is C12H16ClN3O. The van der Waals surface area contributed by atoms with E-state index in [9.17, 15) is 0 Å². The third kappa shape index (κ3) is 2.90. The van der Waals surface area contributed by atoms with Crippen molar-refractivity contribution in [1.82, 2.24) is 15.1 Å². The Labute approximate surface area is 106 Å². The minimum Gasteiger partial charge on any atom is -0.448 e. The first kappa shape index (κ1) is 12.2. The van der Waals surface area contributed by atoms with Gasteiger partial charge < -0.3 is 9.73 Å². The van der Waals surface area contributed by atoms with Crippen molar-refractivity contribution < 1.29 is 4.42 Å². The van der Waals surface area contributed by atoms with E-state index in [0.29, 0.717) is 5.22 Å². The first-order chi connectivity index (χ1) is 8.22. The van der Waals surface area contributed by atoms with Gasteiger partial charge in [0.2, 0.25) is 0 Å². The van der Waals surface area contributed by atoms with Crippen LogP contribution in [0.3, 0.4) is 0 Å². The zero-order valence-electron chi connectivity index (χ0n) is 9.98. The summed E-state index contributed by atoms with van der Waals surface area (Å²) in [5, 5.41) is 7.89. The zero-order valence-corrected chi connectivity index (χ0v) is 10.7. The van der Waals surface area contributed by atoms with Crippen molar-refractivity contribution in [2.75, 3.05) is 7.05 Å². The van der Waals surface area contributed by atoms with Crippen molar-refractivity contribution in [2.24, 2.45) is 0 Å². The van der Waals surface area contributed by atoms with Crippen LogP contribution in [0.5, 0.6) is 0 Å². The van der Waals surface area contributed by atoms with Gasteiger partial charge in [-0.1, -0.05) is 0 Å². The second-order valence-electron chi connectivity index (χ2n) is 3.89. The van der Waals surface area contributed by atoms with Crippen LogP contribution < -0.4 is 5.32 Å². The lowest BCUT2D eigenvalue weighted by Gasteiger charge is -2.11. The van der Waals surface area contributed by atoms with Gasteiger partial charge in [0.05, 0.1) is 12.2 Å².